The van der Waals surface area contributed by atoms with Crippen molar-refractivity contribution in [3.8, 4) is 0 Å². The van der Waals surface area contributed by atoms with E-state index in [1.165, 1.54) is 7.11 Å². The molecule has 3 N–H and O–H groups in total. The van der Waals surface area contributed by atoms with Crippen molar-refractivity contribution in [1.29, 1.82) is 0 Å². The van der Waals surface area contributed by atoms with Gasteiger partial charge in [-0.25, -0.2) is 9.59 Å². The zero-order valence-corrected chi connectivity index (χ0v) is 16.2. The van der Waals surface area contributed by atoms with E-state index in [9.17, 15) is 9.59 Å². The number of alkyl carbamates (subject to hydrolysis) is 1. The molecule has 25 heavy (non-hydrogen) atoms. The zero-order chi connectivity index (χ0) is 18.2. The highest BCUT2D eigenvalue weighted by molar-refractivity contribution is 5.86. The Morgan fingerprint density at radius 1 is 1.16 bits per heavy atom. The van der Waals surface area contributed by atoms with Crippen LogP contribution in [-0.2, 0) is 20.7 Å². The lowest BCUT2D eigenvalue weighted by atomic mass is 9.86. The van der Waals surface area contributed by atoms with Gasteiger partial charge in [0.25, 0.3) is 0 Å². The van der Waals surface area contributed by atoms with Gasteiger partial charge in [0.15, 0.2) is 0 Å². The first-order valence-corrected chi connectivity index (χ1v) is 8.06. The first-order valence-electron chi connectivity index (χ1n) is 8.06. The molecule has 0 saturated heterocycles. The van der Waals surface area contributed by atoms with Crippen LogP contribution >= 0.6 is 12.4 Å². The second kappa shape index (κ2) is 10.3. The minimum absolute atomic E-state index is 0. The highest BCUT2D eigenvalue weighted by Gasteiger charge is 2.41. The highest BCUT2D eigenvalue weighted by atomic mass is 35.5. The molecule has 1 rings (SSSR count). The summed E-state index contributed by atoms with van der Waals surface area (Å²) in [7, 11) is 1.31. The first-order chi connectivity index (χ1) is 11.2. The van der Waals surface area contributed by atoms with Crippen molar-refractivity contribution >= 4 is 24.5 Å². The van der Waals surface area contributed by atoms with E-state index in [0.29, 0.717) is 25.8 Å². The Hall–Kier alpha value is -1.79. The topological polar surface area (TPSA) is 90.6 Å². The highest BCUT2D eigenvalue weighted by Crippen LogP contribution is 2.22. The molecule has 0 unspecified atom stereocenters. The number of esters is 1. The van der Waals surface area contributed by atoms with E-state index in [1.54, 1.807) is 20.8 Å². The van der Waals surface area contributed by atoms with Crippen LogP contribution in [0, 0.1) is 0 Å². The van der Waals surface area contributed by atoms with Gasteiger partial charge < -0.3 is 20.5 Å². The van der Waals surface area contributed by atoms with Gasteiger partial charge in [0.05, 0.1) is 7.11 Å². The smallest absolute Gasteiger partial charge is 0.408 e. The largest absolute Gasteiger partial charge is 0.467 e. The van der Waals surface area contributed by atoms with E-state index >= 15 is 0 Å². The fourth-order valence-corrected chi connectivity index (χ4v) is 2.46. The second-order valence-electron chi connectivity index (χ2n) is 6.76. The summed E-state index contributed by atoms with van der Waals surface area (Å²) in [5.74, 6) is -0.509. The number of carbonyl (C=O) groups is 2. The van der Waals surface area contributed by atoms with Crippen LogP contribution in [0.25, 0.3) is 0 Å². The maximum atomic E-state index is 12.5. The second-order valence-corrected chi connectivity index (χ2v) is 6.76. The summed E-state index contributed by atoms with van der Waals surface area (Å²) in [6, 6.07) is 9.46. The third kappa shape index (κ3) is 7.75. The minimum Gasteiger partial charge on any atom is -0.467 e. The van der Waals surface area contributed by atoms with Gasteiger partial charge >= 0.3 is 12.1 Å². The average Bonchev–Trinajstić information content (AvgIpc) is 2.50. The molecular formula is C18H29ClN2O4. The summed E-state index contributed by atoms with van der Waals surface area (Å²) in [5, 5.41) is 2.73. The Morgan fingerprint density at radius 2 is 1.76 bits per heavy atom. The molecule has 0 spiro atoms. The predicted molar refractivity (Wildman–Crippen MR) is 99.8 cm³/mol. The Bertz CT molecular complexity index is 546. The van der Waals surface area contributed by atoms with Crippen molar-refractivity contribution in [3.63, 3.8) is 0 Å². The SMILES string of the molecule is COC(=O)[C@](CCCN)(Cc1ccccc1)NC(=O)OC(C)(C)C.Cl. The quantitative estimate of drug-likeness (QED) is 0.718. The lowest BCUT2D eigenvalue weighted by Crippen LogP contribution is -2.57. The van der Waals surface area contributed by atoms with Crippen molar-refractivity contribution < 1.29 is 19.1 Å². The number of ether oxygens (including phenoxy) is 2. The van der Waals surface area contributed by atoms with Crippen LogP contribution in [0.15, 0.2) is 30.3 Å². The average molecular weight is 373 g/mol. The Morgan fingerprint density at radius 3 is 2.24 bits per heavy atom. The molecule has 1 atom stereocenters. The molecule has 0 aliphatic heterocycles. The summed E-state index contributed by atoms with van der Waals surface area (Å²) in [4.78, 5) is 24.8. The summed E-state index contributed by atoms with van der Waals surface area (Å²) >= 11 is 0. The Labute approximate surface area is 155 Å². The molecule has 1 aromatic rings. The summed E-state index contributed by atoms with van der Waals surface area (Å²) in [6.45, 7) is 5.71. The van der Waals surface area contributed by atoms with Gasteiger partial charge in [-0.05, 0) is 45.7 Å². The van der Waals surface area contributed by atoms with Gasteiger partial charge in [0.2, 0.25) is 0 Å². The molecule has 0 heterocycles. The number of carbonyl (C=O) groups excluding carboxylic acids is 2. The van der Waals surface area contributed by atoms with Crippen molar-refractivity contribution in [2.24, 2.45) is 5.73 Å². The van der Waals surface area contributed by atoms with Gasteiger partial charge in [0.1, 0.15) is 11.1 Å². The molecule has 0 fully saturated rings. The van der Waals surface area contributed by atoms with Gasteiger partial charge in [-0.15, -0.1) is 12.4 Å². The van der Waals surface area contributed by atoms with Crippen molar-refractivity contribution in [2.45, 2.75) is 51.2 Å². The van der Waals surface area contributed by atoms with E-state index in [4.69, 9.17) is 15.2 Å². The molecular weight excluding hydrogens is 344 g/mol. The molecule has 6 nitrogen and oxygen atoms in total. The lowest BCUT2D eigenvalue weighted by Gasteiger charge is -2.33. The number of nitrogens with one attached hydrogen (secondary N) is 1. The van der Waals surface area contributed by atoms with E-state index in [0.717, 1.165) is 5.56 Å². The molecule has 0 aromatic heterocycles. The number of methoxy groups -OCH3 is 1. The monoisotopic (exact) mass is 372 g/mol. The molecule has 0 bridgehead atoms. The van der Waals surface area contributed by atoms with Crippen molar-refractivity contribution in [3.05, 3.63) is 35.9 Å². The van der Waals surface area contributed by atoms with Gasteiger partial charge in [-0.2, -0.15) is 0 Å². The van der Waals surface area contributed by atoms with Crippen molar-refractivity contribution in [1.82, 2.24) is 5.32 Å². The van der Waals surface area contributed by atoms with E-state index < -0.39 is 23.2 Å². The van der Waals surface area contributed by atoms with Gasteiger partial charge in [0, 0.05) is 6.42 Å². The van der Waals surface area contributed by atoms with Gasteiger partial charge in [-0.3, -0.25) is 0 Å². The number of hydrogen-bond acceptors (Lipinski definition) is 5. The normalized spacial score (nSPS) is 13.2. The number of nitrogens with two attached hydrogens (primary N) is 1. The molecule has 0 radical (unpaired) electrons. The molecule has 0 aliphatic carbocycles. The molecule has 0 saturated carbocycles. The standard InChI is InChI=1S/C18H28N2O4.ClH/c1-17(2,3)24-16(22)20-18(11-8-12-19,15(21)23-4)13-14-9-6-5-7-10-14;/h5-7,9-10H,8,11-13,19H2,1-4H3,(H,20,22);1H/t18-;/m0./s1. The lowest BCUT2D eigenvalue weighted by molar-refractivity contribution is -0.149. The maximum absolute atomic E-state index is 12.5. The first kappa shape index (κ1) is 23.2. The molecule has 1 aromatic carbocycles. The van der Waals surface area contributed by atoms with Crippen molar-refractivity contribution in [2.75, 3.05) is 13.7 Å². The van der Waals surface area contributed by atoms with E-state index in [-0.39, 0.29) is 12.4 Å². The Balaban J connectivity index is 0.00000576. The van der Waals surface area contributed by atoms with E-state index in [2.05, 4.69) is 5.32 Å². The van der Waals surface area contributed by atoms with Crippen LogP contribution in [0.1, 0.15) is 39.2 Å². The Kier molecular flexibility index (Phi) is 9.52. The molecule has 142 valence electrons. The third-order valence-electron chi connectivity index (χ3n) is 3.47. The molecule has 7 heteroatoms. The summed E-state index contributed by atoms with van der Waals surface area (Å²) in [6.07, 6.45) is 0.586. The number of hydrogen-bond donors (Lipinski definition) is 2. The zero-order valence-electron chi connectivity index (χ0n) is 15.3. The maximum Gasteiger partial charge on any atom is 0.408 e. The van der Waals surface area contributed by atoms with Crippen LogP contribution < -0.4 is 11.1 Å². The number of halogens is 1. The number of rotatable bonds is 7. The molecule has 0 aliphatic rings. The number of benzene rings is 1. The fourth-order valence-electron chi connectivity index (χ4n) is 2.46. The predicted octanol–water partition coefficient (Wildman–Crippen LogP) is 2.83. The minimum atomic E-state index is -1.21. The van der Waals surface area contributed by atoms with Crippen LogP contribution in [0.2, 0.25) is 0 Å². The van der Waals surface area contributed by atoms with Crippen LogP contribution in [0.5, 0.6) is 0 Å². The van der Waals surface area contributed by atoms with Crippen LogP contribution in [0.4, 0.5) is 4.79 Å². The summed E-state index contributed by atoms with van der Waals surface area (Å²) in [5.41, 5.74) is 4.65. The summed E-state index contributed by atoms with van der Waals surface area (Å²) < 4.78 is 10.3. The molecule has 1 amide bonds. The fraction of sp³-hybridized carbons (Fsp3) is 0.556. The van der Waals surface area contributed by atoms with Crippen LogP contribution in [0.3, 0.4) is 0 Å². The number of amides is 1. The van der Waals surface area contributed by atoms with Crippen LogP contribution in [-0.4, -0.2) is 36.9 Å². The third-order valence-corrected chi connectivity index (χ3v) is 3.47. The van der Waals surface area contributed by atoms with E-state index in [1.807, 2.05) is 30.3 Å². The van der Waals surface area contributed by atoms with Gasteiger partial charge in [-0.1, -0.05) is 30.3 Å².